The Morgan fingerprint density at radius 1 is 0.968 bits per heavy atom. The van der Waals surface area contributed by atoms with Gasteiger partial charge in [-0.2, -0.15) is 0 Å². The van der Waals surface area contributed by atoms with Crippen LogP contribution in [0, 0.1) is 5.92 Å². The van der Waals surface area contributed by atoms with Crippen molar-refractivity contribution in [1.29, 1.82) is 0 Å². The van der Waals surface area contributed by atoms with E-state index in [0.717, 1.165) is 16.9 Å². The zero-order valence-electron chi connectivity index (χ0n) is 17.9. The van der Waals surface area contributed by atoms with Crippen LogP contribution in [-0.4, -0.2) is 57.2 Å². The summed E-state index contributed by atoms with van der Waals surface area (Å²) in [6, 6.07) is 9.66. The van der Waals surface area contributed by atoms with Crippen molar-refractivity contribution in [2.45, 2.75) is 18.9 Å². The van der Waals surface area contributed by atoms with Crippen molar-refractivity contribution in [3.8, 4) is 28.7 Å². The Hall–Kier alpha value is -3.13. The van der Waals surface area contributed by atoms with Gasteiger partial charge in [0.15, 0.2) is 23.0 Å². The number of likely N-dealkylation sites (tertiary alicyclic amines) is 1. The van der Waals surface area contributed by atoms with Crippen LogP contribution in [0.4, 0.5) is 0 Å². The molecular formula is C23H27NO7. The predicted molar refractivity (Wildman–Crippen MR) is 112 cm³/mol. The number of benzene rings is 2. The summed E-state index contributed by atoms with van der Waals surface area (Å²) in [6.45, 7) is 1.52. The highest BCUT2D eigenvalue weighted by molar-refractivity contribution is 5.70. The molecule has 1 fully saturated rings. The molecule has 31 heavy (non-hydrogen) atoms. The van der Waals surface area contributed by atoms with Gasteiger partial charge in [-0.05, 0) is 61.3 Å². The maximum Gasteiger partial charge on any atom is 0.306 e. The topological polar surface area (TPSA) is 86.7 Å². The Balaban J connectivity index is 1.77. The van der Waals surface area contributed by atoms with E-state index >= 15 is 0 Å². The first-order chi connectivity index (χ1) is 15.0. The Morgan fingerprint density at radius 2 is 1.61 bits per heavy atom. The summed E-state index contributed by atoms with van der Waals surface area (Å²) < 4.78 is 27.7. The number of piperidine rings is 1. The van der Waals surface area contributed by atoms with E-state index in [0.29, 0.717) is 48.9 Å². The molecule has 0 bridgehead atoms. The Bertz CT molecular complexity index is 928. The minimum atomic E-state index is -0.730. The van der Waals surface area contributed by atoms with Crippen LogP contribution in [0.5, 0.6) is 28.7 Å². The SMILES string of the molecule is COc1cc(C(c2ccc3c(c2)OCO3)N2CCC(C(=O)O)CC2)cc(OC)c1OC. The molecule has 1 atom stereocenters. The average Bonchev–Trinajstić information content (AvgIpc) is 3.27. The number of rotatable bonds is 7. The van der Waals surface area contributed by atoms with E-state index in [1.807, 2.05) is 30.3 Å². The molecule has 2 aliphatic rings. The molecule has 2 aliphatic heterocycles. The van der Waals surface area contributed by atoms with Crippen molar-refractivity contribution in [2.75, 3.05) is 41.2 Å². The van der Waals surface area contributed by atoms with Crippen LogP contribution < -0.4 is 23.7 Å². The molecule has 4 rings (SSSR count). The first kappa shape index (κ1) is 21.1. The lowest BCUT2D eigenvalue weighted by molar-refractivity contribution is -0.143. The Kier molecular flexibility index (Phi) is 6.08. The van der Waals surface area contributed by atoms with Crippen LogP contribution in [0.2, 0.25) is 0 Å². The van der Waals surface area contributed by atoms with E-state index < -0.39 is 5.97 Å². The van der Waals surface area contributed by atoms with Gasteiger partial charge >= 0.3 is 5.97 Å². The fraction of sp³-hybridized carbons (Fsp3) is 0.435. The van der Waals surface area contributed by atoms with Crippen molar-refractivity contribution in [3.05, 3.63) is 41.5 Å². The number of ether oxygens (including phenoxy) is 5. The second-order valence-corrected chi connectivity index (χ2v) is 7.62. The third kappa shape index (κ3) is 4.07. The minimum absolute atomic E-state index is 0.141. The van der Waals surface area contributed by atoms with Crippen molar-refractivity contribution < 1.29 is 33.6 Å². The van der Waals surface area contributed by atoms with Crippen LogP contribution in [0.1, 0.15) is 30.0 Å². The largest absolute Gasteiger partial charge is 0.493 e. The number of hydrogen-bond donors (Lipinski definition) is 1. The van der Waals surface area contributed by atoms with E-state index in [-0.39, 0.29) is 18.8 Å². The minimum Gasteiger partial charge on any atom is -0.493 e. The zero-order valence-corrected chi connectivity index (χ0v) is 17.9. The summed E-state index contributed by atoms with van der Waals surface area (Å²) in [4.78, 5) is 13.7. The molecular weight excluding hydrogens is 402 g/mol. The summed E-state index contributed by atoms with van der Waals surface area (Å²) in [7, 11) is 4.76. The van der Waals surface area contributed by atoms with E-state index in [4.69, 9.17) is 23.7 Å². The van der Waals surface area contributed by atoms with E-state index in [2.05, 4.69) is 4.90 Å². The van der Waals surface area contributed by atoms with Crippen LogP contribution in [-0.2, 0) is 4.79 Å². The van der Waals surface area contributed by atoms with Gasteiger partial charge in [0.25, 0.3) is 0 Å². The number of carbonyl (C=O) groups is 1. The van der Waals surface area contributed by atoms with Crippen molar-refractivity contribution in [1.82, 2.24) is 4.90 Å². The first-order valence-electron chi connectivity index (χ1n) is 10.2. The summed E-state index contributed by atoms with van der Waals surface area (Å²) >= 11 is 0. The number of carboxylic acid groups (broad SMARTS) is 1. The Labute approximate surface area is 181 Å². The molecule has 2 aromatic rings. The molecule has 2 heterocycles. The third-order valence-corrected chi connectivity index (χ3v) is 5.96. The second kappa shape index (κ2) is 8.93. The summed E-state index contributed by atoms with van der Waals surface area (Å²) in [5.41, 5.74) is 1.98. The van der Waals surface area contributed by atoms with Gasteiger partial charge in [0.2, 0.25) is 12.5 Å². The maximum atomic E-state index is 11.4. The van der Waals surface area contributed by atoms with Gasteiger partial charge in [0.1, 0.15) is 0 Å². The lowest BCUT2D eigenvalue weighted by Gasteiger charge is -2.37. The van der Waals surface area contributed by atoms with E-state index in [1.165, 1.54) is 0 Å². The number of fused-ring (bicyclic) bond motifs is 1. The highest BCUT2D eigenvalue weighted by Crippen LogP contribution is 2.44. The molecule has 0 amide bonds. The fourth-order valence-corrected chi connectivity index (χ4v) is 4.36. The molecule has 0 radical (unpaired) electrons. The Morgan fingerprint density at radius 3 is 2.19 bits per heavy atom. The predicted octanol–water partition coefficient (Wildman–Crippen LogP) is 3.33. The average molecular weight is 429 g/mol. The molecule has 0 aromatic heterocycles. The van der Waals surface area contributed by atoms with Crippen LogP contribution in [0.25, 0.3) is 0 Å². The second-order valence-electron chi connectivity index (χ2n) is 7.62. The molecule has 8 nitrogen and oxygen atoms in total. The number of hydrogen-bond acceptors (Lipinski definition) is 7. The normalized spacial score (nSPS) is 17.3. The van der Waals surface area contributed by atoms with Crippen LogP contribution >= 0.6 is 0 Å². The maximum absolute atomic E-state index is 11.4. The van der Waals surface area contributed by atoms with Gasteiger partial charge in [-0.3, -0.25) is 9.69 Å². The zero-order chi connectivity index (χ0) is 22.0. The molecule has 1 saturated heterocycles. The number of methoxy groups -OCH3 is 3. The fourth-order valence-electron chi connectivity index (χ4n) is 4.36. The van der Waals surface area contributed by atoms with Crippen molar-refractivity contribution in [3.63, 3.8) is 0 Å². The van der Waals surface area contributed by atoms with Gasteiger partial charge in [-0.1, -0.05) is 6.07 Å². The lowest BCUT2D eigenvalue weighted by Crippen LogP contribution is -2.39. The molecule has 1 N–H and O–H groups in total. The molecule has 0 spiro atoms. The van der Waals surface area contributed by atoms with E-state index in [1.54, 1.807) is 21.3 Å². The van der Waals surface area contributed by atoms with Crippen molar-refractivity contribution in [2.24, 2.45) is 5.92 Å². The van der Waals surface area contributed by atoms with Gasteiger partial charge in [-0.15, -0.1) is 0 Å². The summed E-state index contributed by atoms with van der Waals surface area (Å²) in [5.74, 6) is 2.06. The molecule has 1 unspecified atom stereocenters. The van der Waals surface area contributed by atoms with E-state index in [9.17, 15) is 9.90 Å². The van der Waals surface area contributed by atoms with Gasteiger partial charge in [-0.25, -0.2) is 0 Å². The highest BCUT2D eigenvalue weighted by atomic mass is 16.7. The number of aliphatic carboxylic acids is 1. The van der Waals surface area contributed by atoms with Crippen LogP contribution in [0.3, 0.4) is 0 Å². The van der Waals surface area contributed by atoms with Crippen molar-refractivity contribution >= 4 is 5.97 Å². The molecule has 8 heteroatoms. The summed E-state index contributed by atoms with van der Waals surface area (Å²) in [6.07, 6.45) is 1.20. The first-order valence-corrected chi connectivity index (χ1v) is 10.2. The highest BCUT2D eigenvalue weighted by Gasteiger charge is 2.32. The lowest BCUT2D eigenvalue weighted by atomic mass is 9.91. The number of carboxylic acids is 1. The third-order valence-electron chi connectivity index (χ3n) is 5.96. The standard InChI is InChI=1S/C23H27NO7/c1-27-19-11-16(12-20(28-2)22(19)29-3)21(24-8-6-14(7-9-24)23(25)26)15-4-5-17-18(10-15)31-13-30-17/h4-5,10-12,14,21H,6-9,13H2,1-3H3,(H,25,26). The smallest absolute Gasteiger partial charge is 0.306 e. The molecule has 2 aromatic carbocycles. The molecule has 0 saturated carbocycles. The molecule has 166 valence electrons. The quantitative estimate of drug-likeness (QED) is 0.717. The summed E-state index contributed by atoms with van der Waals surface area (Å²) in [5, 5.41) is 9.40. The van der Waals surface area contributed by atoms with Gasteiger partial charge < -0.3 is 28.8 Å². The van der Waals surface area contributed by atoms with Gasteiger partial charge in [0.05, 0.1) is 33.3 Å². The number of nitrogens with zero attached hydrogens (tertiary/aromatic N) is 1. The molecule has 0 aliphatic carbocycles. The van der Waals surface area contributed by atoms with Crippen LogP contribution in [0.15, 0.2) is 30.3 Å². The monoisotopic (exact) mass is 429 g/mol. The van der Waals surface area contributed by atoms with Gasteiger partial charge in [0, 0.05) is 0 Å².